The van der Waals surface area contributed by atoms with Gasteiger partial charge in [-0.25, -0.2) is 0 Å². The molecule has 0 saturated carbocycles. The second-order valence-electron chi connectivity index (χ2n) is 4.91. The molecule has 0 fully saturated rings. The molecule has 1 N–H and O–H groups in total. The van der Waals surface area contributed by atoms with Crippen LogP contribution in [0.25, 0.3) is 0 Å². The minimum atomic E-state index is 0.330. The molecule has 1 nitrogen and oxygen atoms in total. The second-order valence-corrected chi connectivity index (χ2v) is 6.42. The maximum absolute atomic E-state index is 3.55. The third-order valence-corrected chi connectivity index (χ3v) is 4.17. The standard InChI is InChI=1S/C14H23NS/c1-12(13-8-6-5-7-9-13)10-15-11-14(2,3)16-4/h5-9,12,15H,10-11H2,1-4H3. The summed E-state index contributed by atoms with van der Waals surface area (Å²) in [6, 6.07) is 10.7. The summed E-state index contributed by atoms with van der Waals surface area (Å²) in [7, 11) is 0. The molecular formula is C14H23NS. The highest BCUT2D eigenvalue weighted by molar-refractivity contribution is 7.99. The first-order valence-corrected chi connectivity index (χ1v) is 7.08. The van der Waals surface area contributed by atoms with E-state index >= 15 is 0 Å². The molecule has 1 rings (SSSR count). The minimum absolute atomic E-state index is 0.330. The van der Waals surface area contributed by atoms with Crippen molar-refractivity contribution in [1.29, 1.82) is 0 Å². The highest BCUT2D eigenvalue weighted by atomic mass is 32.2. The average Bonchev–Trinajstić information content (AvgIpc) is 2.30. The summed E-state index contributed by atoms with van der Waals surface area (Å²) in [5, 5.41) is 3.55. The molecule has 16 heavy (non-hydrogen) atoms. The summed E-state index contributed by atoms with van der Waals surface area (Å²) < 4.78 is 0.330. The van der Waals surface area contributed by atoms with Crippen LogP contribution in [0, 0.1) is 0 Å². The van der Waals surface area contributed by atoms with Crippen molar-refractivity contribution >= 4 is 11.8 Å². The van der Waals surface area contributed by atoms with E-state index in [1.807, 2.05) is 11.8 Å². The van der Waals surface area contributed by atoms with Crippen molar-refractivity contribution in [2.24, 2.45) is 0 Å². The lowest BCUT2D eigenvalue weighted by Crippen LogP contribution is -2.34. The molecule has 0 aromatic heterocycles. The summed E-state index contributed by atoms with van der Waals surface area (Å²) in [6.45, 7) is 8.93. The molecule has 0 amide bonds. The van der Waals surface area contributed by atoms with E-state index in [0.29, 0.717) is 10.7 Å². The van der Waals surface area contributed by atoms with Crippen molar-refractivity contribution in [2.45, 2.75) is 31.4 Å². The van der Waals surface area contributed by atoms with E-state index in [-0.39, 0.29) is 0 Å². The molecular weight excluding hydrogens is 214 g/mol. The Kier molecular flexibility index (Phi) is 5.36. The molecule has 2 heteroatoms. The van der Waals surface area contributed by atoms with E-state index in [2.05, 4.69) is 62.7 Å². The van der Waals surface area contributed by atoms with Crippen molar-refractivity contribution < 1.29 is 0 Å². The summed E-state index contributed by atoms with van der Waals surface area (Å²) in [4.78, 5) is 0. The van der Waals surface area contributed by atoms with Gasteiger partial charge in [0, 0.05) is 17.8 Å². The van der Waals surface area contributed by atoms with Gasteiger partial charge in [0.05, 0.1) is 0 Å². The van der Waals surface area contributed by atoms with Gasteiger partial charge in [-0.2, -0.15) is 11.8 Å². The zero-order valence-corrected chi connectivity index (χ0v) is 11.6. The zero-order chi connectivity index (χ0) is 12.0. The number of hydrogen-bond donors (Lipinski definition) is 1. The Bertz CT molecular complexity index is 295. The SMILES string of the molecule is CSC(C)(C)CNCC(C)c1ccccc1. The molecule has 1 atom stereocenters. The van der Waals surface area contributed by atoms with Crippen molar-refractivity contribution in [3.63, 3.8) is 0 Å². The Morgan fingerprint density at radius 1 is 1.25 bits per heavy atom. The highest BCUT2D eigenvalue weighted by Crippen LogP contribution is 2.20. The van der Waals surface area contributed by atoms with Gasteiger partial charge in [0.15, 0.2) is 0 Å². The molecule has 1 aromatic carbocycles. The van der Waals surface area contributed by atoms with Gasteiger partial charge >= 0.3 is 0 Å². The quantitative estimate of drug-likeness (QED) is 0.812. The van der Waals surface area contributed by atoms with Gasteiger partial charge in [-0.05, 0) is 31.6 Å². The lowest BCUT2D eigenvalue weighted by Gasteiger charge is -2.23. The smallest absolute Gasteiger partial charge is 0.0225 e. The molecule has 0 radical (unpaired) electrons. The summed E-state index contributed by atoms with van der Waals surface area (Å²) in [6.07, 6.45) is 2.17. The summed E-state index contributed by atoms with van der Waals surface area (Å²) >= 11 is 1.91. The van der Waals surface area contributed by atoms with Crippen molar-refractivity contribution in [2.75, 3.05) is 19.3 Å². The van der Waals surface area contributed by atoms with E-state index in [4.69, 9.17) is 0 Å². The van der Waals surface area contributed by atoms with Crippen LogP contribution < -0.4 is 5.32 Å². The van der Waals surface area contributed by atoms with Crippen LogP contribution in [0.3, 0.4) is 0 Å². The van der Waals surface area contributed by atoms with Crippen LogP contribution in [-0.4, -0.2) is 24.1 Å². The van der Waals surface area contributed by atoms with Crippen molar-refractivity contribution in [3.05, 3.63) is 35.9 Å². The fraction of sp³-hybridized carbons (Fsp3) is 0.571. The van der Waals surface area contributed by atoms with Gasteiger partial charge in [-0.1, -0.05) is 37.3 Å². The van der Waals surface area contributed by atoms with E-state index in [9.17, 15) is 0 Å². The van der Waals surface area contributed by atoms with Crippen LogP contribution in [0.2, 0.25) is 0 Å². The molecule has 0 aliphatic carbocycles. The molecule has 0 spiro atoms. The summed E-state index contributed by atoms with van der Waals surface area (Å²) in [5.41, 5.74) is 1.41. The monoisotopic (exact) mass is 237 g/mol. The maximum Gasteiger partial charge on any atom is 0.0225 e. The van der Waals surface area contributed by atoms with E-state index in [1.165, 1.54) is 5.56 Å². The van der Waals surface area contributed by atoms with Crippen LogP contribution in [0.1, 0.15) is 32.3 Å². The van der Waals surface area contributed by atoms with Gasteiger partial charge in [-0.3, -0.25) is 0 Å². The molecule has 0 aliphatic rings. The molecule has 1 unspecified atom stereocenters. The van der Waals surface area contributed by atoms with Gasteiger partial charge < -0.3 is 5.32 Å². The Morgan fingerprint density at radius 2 is 1.88 bits per heavy atom. The molecule has 0 saturated heterocycles. The number of nitrogens with one attached hydrogen (secondary N) is 1. The molecule has 90 valence electrons. The Morgan fingerprint density at radius 3 is 2.44 bits per heavy atom. The number of hydrogen-bond acceptors (Lipinski definition) is 2. The van der Waals surface area contributed by atoms with Gasteiger partial charge in [-0.15, -0.1) is 0 Å². The Balaban J connectivity index is 2.34. The molecule has 0 aliphatic heterocycles. The zero-order valence-electron chi connectivity index (χ0n) is 10.8. The van der Waals surface area contributed by atoms with E-state index in [0.717, 1.165) is 13.1 Å². The van der Waals surface area contributed by atoms with E-state index in [1.54, 1.807) is 0 Å². The first-order valence-electron chi connectivity index (χ1n) is 5.86. The second kappa shape index (κ2) is 6.31. The van der Waals surface area contributed by atoms with Crippen LogP contribution in [-0.2, 0) is 0 Å². The molecule has 0 heterocycles. The first kappa shape index (κ1) is 13.6. The minimum Gasteiger partial charge on any atom is -0.315 e. The predicted octanol–water partition coefficient (Wildman–Crippen LogP) is 3.52. The number of benzene rings is 1. The third kappa shape index (κ3) is 4.58. The molecule has 1 aromatic rings. The Hall–Kier alpha value is -0.470. The first-order chi connectivity index (χ1) is 7.55. The largest absolute Gasteiger partial charge is 0.315 e. The van der Waals surface area contributed by atoms with Crippen LogP contribution >= 0.6 is 11.8 Å². The van der Waals surface area contributed by atoms with Crippen molar-refractivity contribution in [3.8, 4) is 0 Å². The Labute approximate surface area is 104 Å². The topological polar surface area (TPSA) is 12.0 Å². The lowest BCUT2D eigenvalue weighted by atomic mass is 10.0. The van der Waals surface area contributed by atoms with Crippen LogP contribution in [0.4, 0.5) is 0 Å². The predicted molar refractivity (Wildman–Crippen MR) is 75.3 cm³/mol. The fourth-order valence-electron chi connectivity index (χ4n) is 1.56. The lowest BCUT2D eigenvalue weighted by molar-refractivity contribution is 0.558. The average molecular weight is 237 g/mol. The summed E-state index contributed by atoms with van der Waals surface area (Å²) in [5.74, 6) is 0.582. The number of thioether (sulfide) groups is 1. The maximum atomic E-state index is 3.55. The molecule has 0 bridgehead atoms. The van der Waals surface area contributed by atoms with Gasteiger partial charge in [0.1, 0.15) is 0 Å². The normalized spacial score (nSPS) is 13.8. The third-order valence-electron chi connectivity index (χ3n) is 2.92. The van der Waals surface area contributed by atoms with Gasteiger partial charge in [0.25, 0.3) is 0 Å². The highest BCUT2D eigenvalue weighted by Gasteiger charge is 2.15. The van der Waals surface area contributed by atoms with Gasteiger partial charge in [0.2, 0.25) is 0 Å². The van der Waals surface area contributed by atoms with E-state index < -0.39 is 0 Å². The van der Waals surface area contributed by atoms with Crippen molar-refractivity contribution in [1.82, 2.24) is 5.32 Å². The van der Waals surface area contributed by atoms with Crippen LogP contribution in [0.15, 0.2) is 30.3 Å². The fourth-order valence-corrected chi connectivity index (χ4v) is 1.81. The number of rotatable bonds is 6. The van der Waals surface area contributed by atoms with Crippen LogP contribution in [0.5, 0.6) is 0 Å².